The Morgan fingerprint density at radius 2 is 1.85 bits per heavy atom. The third kappa shape index (κ3) is 5.73. The number of likely N-dealkylation sites (N-methyl/N-ethyl adjacent to an activating group) is 1. The van der Waals surface area contributed by atoms with Gasteiger partial charge in [-0.05, 0) is 85.3 Å². The van der Waals surface area contributed by atoms with Crippen molar-refractivity contribution in [1.82, 2.24) is 25.0 Å². The van der Waals surface area contributed by atoms with Crippen molar-refractivity contribution in [2.75, 3.05) is 33.2 Å². The molecule has 4 N–H and O–H groups in total. The number of carbonyl (C=O) groups is 4. The predicted octanol–water partition coefficient (Wildman–Crippen LogP) is 3.86. The number of nitrogens with zero attached hydrogens (tertiary/aromatic N) is 3. The molecule has 12 heteroatoms. The molecule has 3 atom stereocenters. The van der Waals surface area contributed by atoms with Gasteiger partial charge in [-0.1, -0.05) is 18.2 Å². The van der Waals surface area contributed by atoms with Gasteiger partial charge in [0.05, 0.1) is 16.0 Å². The summed E-state index contributed by atoms with van der Waals surface area (Å²) in [7, 11) is 2.02. The fourth-order valence-electron chi connectivity index (χ4n) is 5.96. The Hall–Kier alpha value is -3.38. The van der Waals surface area contributed by atoms with Crippen LogP contribution in [0.4, 0.5) is 9.59 Å². The molecule has 1 aliphatic heterocycles. The molecule has 2 aromatic rings. The first-order valence-electron chi connectivity index (χ1n) is 13.6. The van der Waals surface area contributed by atoms with Gasteiger partial charge in [0.15, 0.2) is 0 Å². The molecule has 0 radical (unpaired) electrons. The smallest absolute Gasteiger partial charge is 0.405 e. The van der Waals surface area contributed by atoms with Gasteiger partial charge in [0, 0.05) is 37.6 Å². The van der Waals surface area contributed by atoms with Crippen LogP contribution in [0.25, 0.3) is 16.5 Å². The molecule has 2 heterocycles. The molecular formula is C28H36BrN5O6. The Balaban J connectivity index is 1.71. The van der Waals surface area contributed by atoms with Gasteiger partial charge in [0.25, 0.3) is 5.91 Å². The van der Waals surface area contributed by atoms with Crippen LogP contribution in [0.15, 0.2) is 28.9 Å². The van der Waals surface area contributed by atoms with Gasteiger partial charge < -0.3 is 25.7 Å². The molecule has 11 nitrogen and oxygen atoms in total. The normalized spacial score (nSPS) is 18.9. The number of hydrogen-bond donors (Lipinski definition) is 4. The van der Waals surface area contributed by atoms with Crippen molar-refractivity contribution in [2.45, 2.75) is 51.6 Å². The summed E-state index contributed by atoms with van der Waals surface area (Å²) in [6, 6.07) is 4.79. The fraction of sp³-hybridized carbons (Fsp3) is 0.500. The number of unbranched alkanes of at least 4 members (excludes halogenated alkanes) is 1. The average Bonchev–Trinajstić information content (AvgIpc) is 3.20. The van der Waals surface area contributed by atoms with E-state index < -0.39 is 24.1 Å². The SMILES string of the molecule is CCN(CC)C(=O)[C@@H]1C=C2c3cccc4c3c(c(Br)n4C(=O)C(CCCCNC(=O)O)NC(=O)O)C[C@H]2N(C)C1. The van der Waals surface area contributed by atoms with E-state index in [2.05, 4.69) is 37.5 Å². The van der Waals surface area contributed by atoms with Crippen molar-refractivity contribution in [2.24, 2.45) is 5.92 Å². The van der Waals surface area contributed by atoms with Crippen LogP contribution in [-0.4, -0.2) is 93.9 Å². The van der Waals surface area contributed by atoms with Gasteiger partial charge in [0.1, 0.15) is 6.04 Å². The minimum Gasteiger partial charge on any atom is -0.465 e. The third-order valence-electron chi connectivity index (χ3n) is 7.90. The van der Waals surface area contributed by atoms with E-state index >= 15 is 0 Å². The van der Waals surface area contributed by atoms with Crippen molar-refractivity contribution >= 4 is 56.4 Å². The van der Waals surface area contributed by atoms with Crippen LogP contribution in [0.3, 0.4) is 0 Å². The highest BCUT2D eigenvalue weighted by molar-refractivity contribution is 9.10. The predicted molar refractivity (Wildman–Crippen MR) is 155 cm³/mol. The Morgan fingerprint density at radius 3 is 2.50 bits per heavy atom. The molecule has 1 aromatic carbocycles. The van der Waals surface area contributed by atoms with Gasteiger partial charge in [-0.15, -0.1) is 0 Å². The first-order chi connectivity index (χ1) is 19.1. The molecule has 1 aliphatic carbocycles. The second kappa shape index (κ2) is 12.4. The van der Waals surface area contributed by atoms with Gasteiger partial charge in [-0.2, -0.15) is 0 Å². The van der Waals surface area contributed by atoms with Crippen LogP contribution in [-0.2, 0) is 11.2 Å². The lowest BCUT2D eigenvalue weighted by molar-refractivity contribution is -0.134. The molecule has 216 valence electrons. The van der Waals surface area contributed by atoms with Crippen LogP contribution in [0.1, 0.15) is 49.0 Å². The molecule has 0 saturated heterocycles. The maximum atomic E-state index is 13.8. The number of rotatable bonds is 10. The minimum absolute atomic E-state index is 0.0378. The van der Waals surface area contributed by atoms with E-state index in [9.17, 15) is 24.3 Å². The monoisotopic (exact) mass is 617 g/mol. The van der Waals surface area contributed by atoms with Gasteiger partial charge in [-0.3, -0.25) is 19.1 Å². The Morgan fingerprint density at radius 1 is 1.12 bits per heavy atom. The Kier molecular flexibility index (Phi) is 9.19. The topological polar surface area (TPSA) is 144 Å². The number of hydrogen-bond acceptors (Lipinski definition) is 5. The van der Waals surface area contributed by atoms with E-state index in [0.717, 1.165) is 22.1 Å². The van der Waals surface area contributed by atoms with Crippen LogP contribution >= 0.6 is 15.9 Å². The molecule has 0 saturated carbocycles. The second-order valence-electron chi connectivity index (χ2n) is 10.3. The largest absolute Gasteiger partial charge is 0.465 e. The zero-order valence-electron chi connectivity index (χ0n) is 22.9. The third-order valence-corrected chi connectivity index (χ3v) is 8.73. The molecule has 1 aromatic heterocycles. The number of amides is 3. The van der Waals surface area contributed by atoms with E-state index in [4.69, 9.17) is 5.11 Å². The number of benzene rings is 1. The Labute approximate surface area is 241 Å². The standard InChI is InChI=1S/C28H36BrN5O6/c1-4-33(5-2)25(35)16-13-18-17-9-8-11-21-23(17)19(14-22(18)32(3)15-16)24(29)34(21)26(36)20(31-28(39)40)10-6-7-12-30-27(37)38/h8-9,11,13,16,20,22,30-31H,4-7,10,12,14-15H2,1-3H3,(H,37,38)(H,39,40)/t16-,20?,22-/m1/s1. The first-order valence-corrected chi connectivity index (χ1v) is 14.4. The van der Waals surface area contributed by atoms with Crippen LogP contribution in [0.5, 0.6) is 0 Å². The molecule has 1 unspecified atom stereocenters. The fourth-order valence-corrected chi connectivity index (χ4v) is 6.69. The second-order valence-corrected chi connectivity index (χ2v) is 11.0. The highest BCUT2D eigenvalue weighted by atomic mass is 79.9. The number of nitrogens with one attached hydrogen (secondary N) is 2. The maximum Gasteiger partial charge on any atom is 0.405 e. The molecule has 4 rings (SSSR count). The van der Waals surface area contributed by atoms with E-state index in [0.29, 0.717) is 49.0 Å². The summed E-state index contributed by atoms with van der Waals surface area (Å²) in [5.74, 6) is -0.564. The lowest BCUT2D eigenvalue weighted by Crippen LogP contribution is -2.47. The van der Waals surface area contributed by atoms with Gasteiger partial charge in [0.2, 0.25) is 5.91 Å². The lowest BCUT2D eigenvalue weighted by atomic mass is 9.79. The van der Waals surface area contributed by atoms with Crippen molar-refractivity contribution in [3.8, 4) is 0 Å². The zero-order chi connectivity index (χ0) is 29.1. The molecule has 0 bridgehead atoms. The van der Waals surface area contributed by atoms with E-state index in [1.807, 2.05) is 44.0 Å². The molecular weight excluding hydrogens is 582 g/mol. The number of halogens is 1. The highest BCUT2D eigenvalue weighted by Gasteiger charge is 2.39. The van der Waals surface area contributed by atoms with Gasteiger partial charge >= 0.3 is 12.2 Å². The molecule has 40 heavy (non-hydrogen) atoms. The molecule has 2 aliphatic rings. The number of carbonyl (C=O) groups excluding carboxylic acids is 2. The van der Waals surface area contributed by atoms with Crippen LogP contribution < -0.4 is 10.6 Å². The summed E-state index contributed by atoms with van der Waals surface area (Å²) in [6.07, 6.45) is 1.44. The zero-order valence-corrected chi connectivity index (χ0v) is 24.5. The van der Waals surface area contributed by atoms with Crippen molar-refractivity contribution in [3.63, 3.8) is 0 Å². The summed E-state index contributed by atoms with van der Waals surface area (Å²) in [5.41, 5.74) is 3.69. The van der Waals surface area contributed by atoms with E-state index in [1.165, 1.54) is 0 Å². The first kappa shape index (κ1) is 29.6. The molecule has 0 fully saturated rings. The van der Waals surface area contributed by atoms with Gasteiger partial charge in [-0.25, -0.2) is 9.59 Å². The summed E-state index contributed by atoms with van der Waals surface area (Å²) < 4.78 is 2.14. The summed E-state index contributed by atoms with van der Waals surface area (Å²) in [5, 5.41) is 23.7. The minimum atomic E-state index is -1.30. The Bertz CT molecular complexity index is 1350. The van der Waals surface area contributed by atoms with Crippen LogP contribution in [0.2, 0.25) is 0 Å². The van der Waals surface area contributed by atoms with E-state index in [1.54, 1.807) is 4.57 Å². The van der Waals surface area contributed by atoms with Crippen molar-refractivity contribution < 1.29 is 29.4 Å². The maximum absolute atomic E-state index is 13.8. The highest BCUT2D eigenvalue weighted by Crippen LogP contribution is 2.45. The summed E-state index contributed by atoms with van der Waals surface area (Å²) in [6.45, 7) is 6.09. The number of fused-ring (bicyclic) bond motifs is 2. The summed E-state index contributed by atoms with van der Waals surface area (Å²) >= 11 is 3.67. The lowest BCUT2D eigenvalue weighted by Gasteiger charge is -2.40. The molecule has 3 amide bonds. The summed E-state index contributed by atoms with van der Waals surface area (Å²) in [4.78, 5) is 53.4. The number of aromatic nitrogens is 1. The molecule has 0 spiro atoms. The average molecular weight is 619 g/mol. The van der Waals surface area contributed by atoms with Crippen LogP contribution in [0, 0.1) is 5.92 Å². The van der Waals surface area contributed by atoms with Crippen molar-refractivity contribution in [3.05, 3.63) is 40.0 Å². The quantitative estimate of drug-likeness (QED) is 0.296. The van der Waals surface area contributed by atoms with Crippen molar-refractivity contribution in [1.29, 1.82) is 0 Å². The van der Waals surface area contributed by atoms with E-state index in [-0.39, 0.29) is 30.8 Å². The number of carboxylic acid groups (broad SMARTS) is 2.